The van der Waals surface area contributed by atoms with Crippen molar-refractivity contribution in [2.75, 3.05) is 11.9 Å². The molecule has 0 spiro atoms. The summed E-state index contributed by atoms with van der Waals surface area (Å²) in [6.45, 7) is 0.547. The summed E-state index contributed by atoms with van der Waals surface area (Å²) in [4.78, 5) is 10.1. The zero-order valence-corrected chi connectivity index (χ0v) is 8.38. The van der Waals surface area contributed by atoms with Gasteiger partial charge in [-0.1, -0.05) is 6.07 Å². The number of carbonyl (C=O) groups is 1. The summed E-state index contributed by atoms with van der Waals surface area (Å²) in [6, 6.07) is 5.02. The Labute approximate surface area is 88.5 Å². The molecule has 0 aliphatic carbocycles. The first kappa shape index (κ1) is 12.7. The van der Waals surface area contributed by atoms with Gasteiger partial charge in [0.2, 0.25) is 6.41 Å². The second-order valence-electron chi connectivity index (χ2n) is 2.65. The molecule has 0 heterocycles. The van der Waals surface area contributed by atoms with Crippen LogP contribution in [-0.2, 0) is 11.2 Å². The second kappa shape index (κ2) is 6.23. The molecular weight excluding hydrogens is 204 g/mol. The monoisotopic (exact) mass is 216 g/mol. The molecule has 4 N–H and O–H groups in total. The van der Waals surface area contributed by atoms with Crippen LogP contribution in [0.5, 0.6) is 5.75 Å². The molecule has 0 unspecified atom stereocenters. The molecule has 0 radical (unpaired) electrons. The van der Waals surface area contributed by atoms with E-state index in [0.29, 0.717) is 18.6 Å². The van der Waals surface area contributed by atoms with Gasteiger partial charge in [-0.3, -0.25) is 4.79 Å². The molecule has 5 heteroatoms. The van der Waals surface area contributed by atoms with Gasteiger partial charge in [0.25, 0.3) is 0 Å². The summed E-state index contributed by atoms with van der Waals surface area (Å²) in [5.74, 6) is 0.0628. The molecule has 1 aromatic carbocycles. The fourth-order valence-corrected chi connectivity index (χ4v) is 1.08. The molecule has 4 nitrogen and oxygen atoms in total. The van der Waals surface area contributed by atoms with E-state index in [2.05, 4.69) is 5.32 Å². The van der Waals surface area contributed by atoms with Crippen molar-refractivity contribution in [1.29, 1.82) is 0 Å². The lowest BCUT2D eigenvalue weighted by Gasteiger charge is -2.05. The quantitative estimate of drug-likeness (QED) is 0.517. The predicted molar refractivity (Wildman–Crippen MR) is 57.8 cm³/mol. The van der Waals surface area contributed by atoms with E-state index in [1.807, 2.05) is 0 Å². The molecule has 1 aromatic rings. The number of rotatable bonds is 4. The number of hydrogen-bond acceptors (Lipinski definition) is 3. The number of carbonyl (C=O) groups excluding carboxylic acids is 1. The summed E-state index contributed by atoms with van der Waals surface area (Å²) >= 11 is 0. The highest BCUT2D eigenvalue weighted by atomic mass is 35.5. The van der Waals surface area contributed by atoms with E-state index in [-0.39, 0.29) is 18.2 Å². The van der Waals surface area contributed by atoms with E-state index in [9.17, 15) is 9.90 Å². The van der Waals surface area contributed by atoms with Crippen LogP contribution in [0, 0.1) is 0 Å². The van der Waals surface area contributed by atoms with Gasteiger partial charge in [-0.05, 0) is 30.7 Å². The van der Waals surface area contributed by atoms with Crippen LogP contribution >= 0.6 is 12.4 Å². The van der Waals surface area contributed by atoms with Gasteiger partial charge in [0.1, 0.15) is 5.75 Å². The summed E-state index contributed by atoms with van der Waals surface area (Å²) in [5.41, 5.74) is 6.78. The van der Waals surface area contributed by atoms with Crippen molar-refractivity contribution in [2.45, 2.75) is 6.42 Å². The van der Waals surface area contributed by atoms with Crippen molar-refractivity contribution < 1.29 is 9.90 Å². The zero-order chi connectivity index (χ0) is 9.68. The Hall–Kier alpha value is -1.26. The van der Waals surface area contributed by atoms with Crippen LogP contribution in [0.2, 0.25) is 0 Å². The fraction of sp³-hybridized carbons (Fsp3) is 0.222. The van der Waals surface area contributed by atoms with Gasteiger partial charge >= 0.3 is 0 Å². The van der Waals surface area contributed by atoms with Crippen molar-refractivity contribution in [3.05, 3.63) is 23.8 Å². The SMILES string of the molecule is Cl.NCCc1ccc(O)c(NC=O)c1. The van der Waals surface area contributed by atoms with Crippen molar-refractivity contribution in [1.82, 2.24) is 0 Å². The van der Waals surface area contributed by atoms with Gasteiger partial charge in [0.05, 0.1) is 5.69 Å². The van der Waals surface area contributed by atoms with E-state index in [4.69, 9.17) is 5.73 Å². The standard InChI is InChI=1S/C9H12N2O2.ClH/c10-4-3-7-1-2-9(13)8(5-7)11-6-12;/h1-2,5-6,13H,3-4,10H2,(H,11,12);1H. The van der Waals surface area contributed by atoms with Gasteiger partial charge in [0.15, 0.2) is 0 Å². The van der Waals surface area contributed by atoms with Crippen molar-refractivity contribution in [2.24, 2.45) is 5.73 Å². The van der Waals surface area contributed by atoms with Crippen molar-refractivity contribution >= 4 is 24.5 Å². The minimum Gasteiger partial charge on any atom is -0.506 e. The first-order valence-corrected chi connectivity index (χ1v) is 4.00. The Kier molecular flexibility index (Phi) is 5.67. The molecule has 0 saturated heterocycles. The maximum atomic E-state index is 10.1. The van der Waals surface area contributed by atoms with E-state index < -0.39 is 0 Å². The van der Waals surface area contributed by atoms with Gasteiger partial charge in [-0.25, -0.2) is 0 Å². The number of anilines is 1. The molecule has 0 fully saturated rings. The summed E-state index contributed by atoms with van der Waals surface area (Å²) in [5, 5.41) is 11.7. The molecule has 0 aliphatic rings. The first-order chi connectivity index (χ1) is 6.27. The van der Waals surface area contributed by atoms with Crippen LogP contribution in [-0.4, -0.2) is 18.1 Å². The predicted octanol–water partition coefficient (Wildman–Crippen LogP) is 0.884. The summed E-state index contributed by atoms with van der Waals surface area (Å²) in [6.07, 6.45) is 1.26. The van der Waals surface area contributed by atoms with E-state index in [1.54, 1.807) is 12.1 Å². The van der Waals surface area contributed by atoms with Gasteiger partial charge in [-0.15, -0.1) is 12.4 Å². The highest BCUT2D eigenvalue weighted by Gasteiger charge is 2.00. The number of amides is 1. The highest BCUT2D eigenvalue weighted by molar-refractivity contribution is 5.85. The van der Waals surface area contributed by atoms with Crippen LogP contribution in [0.4, 0.5) is 5.69 Å². The normalized spacial score (nSPS) is 8.93. The molecule has 0 saturated carbocycles. The van der Waals surface area contributed by atoms with E-state index >= 15 is 0 Å². The molecule has 1 amide bonds. The van der Waals surface area contributed by atoms with Crippen LogP contribution in [0.1, 0.15) is 5.56 Å². The molecule has 0 aliphatic heterocycles. The van der Waals surface area contributed by atoms with E-state index in [1.165, 1.54) is 6.07 Å². The average molecular weight is 217 g/mol. The topological polar surface area (TPSA) is 75.3 Å². The first-order valence-electron chi connectivity index (χ1n) is 4.00. The number of nitrogens with two attached hydrogens (primary N) is 1. The Bertz CT molecular complexity index is 305. The fourth-order valence-electron chi connectivity index (χ4n) is 1.08. The number of phenols is 1. The maximum absolute atomic E-state index is 10.1. The number of aromatic hydroxyl groups is 1. The Balaban J connectivity index is 0.00000169. The second-order valence-corrected chi connectivity index (χ2v) is 2.65. The largest absolute Gasteiger partial charge is 0.506 e. The number of benzene rings is 1. The minimum absolute atomic E-state index is 0. The molecule has 78 valence electrons. The molecular formula is C9H13ClN2O2. The lowest BCUT2D eigenvalue weighted by molar-refractivity contribution is -0.105. The minimum atomic E-state index is 0. The molecule has 14 heavy (non-hydrogen) atoms. The van der Waals surface area contributed by atoms with E-state index in [0.717, 1.165) is 12.0 Å². The summed E-state index contributed by atoms with van der Waals surface area (Å²) < 4.78 is 0. The third-order valence-electron chi connectivity index (χ3n) is 1.71. The van der Waals surface area contributed by atoms with Crippen LogP contribution in [0.3, 0.4) is 0 Å². The van der Waals surface area contributed by atoms with Crippen molar-refractivity contribution in [3.63, 3.8) is 0 Å². The molecule has 0 atom stereocenters. The van der Waals surface area contributed by atoms with Crippen LogP contribution in [0.25, 0.3) is 0 Å². The van der Waals surface area contributed by atoms with Crippen molar-refractivity contribution in [3.8, 4) is 5.75 Å². The van der Waals surface area contributed by atoms with Gasteiger partial charge in [0, 0.05) is 0 Å². The molecule has 0 aromatic heterocycles. The molecule has 1 rings (SSSR count). The van der Waals surface area contributed by atoms with Gasteiger partial charge in [-0.2, -0.15) is 0 Å². The number of phenolic OH excluding ortho intramolecular Hbond substituents is 1. The lowest BCUT2D eigenvalue weighted by atomic mass is 10.1. The molecule has 0 bridgehead atoms. The van der Waals surface area contributed by atoms with Gasteiger partial charge < -0.3 is 16.2 Å². The Morgan fingerprint density at radius 2 is 2.21 bits per heavy atom. The third kappa shape index (κ3) is 3.24. The highest BCUT2D eigenvalue weighted by Crippen LogP contribution is 2.23. The average Bonchev–Trinajstić information content (AvgIpc) is 2.12. The Morgan fingerprint density at radius 3 is 2.79 bits per heavy atom. The summed E-state index contributed by atoms with van der Waals surface area (Å²) in [7, 11) is 0. The maximum Gasteiger partial charge on any atom is 0.211 e. The van der Waals surface area contributed by atoms with Crippen LogP contribution in [0.15, 0.2) is 18.2 Å². The number of nitrogens with one attached hydrogen (secondary N) is 1. The van der Waals surface area contributed by atoms with Crippen LogP contribution < -0.4 is 11.1 Å². The smallest absolute Gasteiger partial charge is 0.211 e. The third-order valence-corrected chi connectivity index (χ3v) is 1.71. The lowest BCUT2D eigenvalue weighted by Crippen LogP contribution is -2.03. The number of hydrogen-bond donors (Lipinski definition) is 3. The zero-order valence-electron chi connectivity index (χ0n) is 7.56. The number of halogens is 1. The Morgan fingerprint density at radius 1 is 1.50 bits per heavy atom.